The summed E-state index contributed by atoms with van der Waals surface area (Å²) in [6.45, 7) is 6.64. The van der Waals surface area contributed by atoms with Crippen molar-refractivity contribution in [2.75, 3.05) is 42.6 Å². The molecule has 6 nitrogen and oxygen atoms in total. The third-order valence-electron chi connectivity index (χ3n) is 4.11. The highest BCUT2D eigenvalue weighted by molar-refractivity contribution is 14.0. The van der Waals surface area contributed by atoms with Crippen LogP contribution in [0, 0.1) is 0 Å². The first-order valence-electron chi connectivity index (χ1n) is 8.59. The predicted molar refractivity (Wildman–Crippen MR) is 116 cm³/mol. The minimum Gasteiger partial charge on any atom is -0.369 e. The number of nitrogens with one attached hydrogen (secondary N) is 2. The van der Waals surface area contributed by atoms with Gasteiger partial charge < -0.3 is 15.5 Å². The lowest BCUT2D eigenvalue weighted by molar-refractivity contribution is 0.597. The smallest absolute Gasteiger partial charge is 0.191 e. The van der Waals surface area contributed by atoms with Gasteiger partial charge in [-0.2, -0.15) is 0 Å². The summed E-state index contributed by atoms with van der Waals surface area (Å²) in [5.74, 6) is 0.964. The van der Waals surface area contributed by atoms with Crippen LogP contribution in [-0.4, -0.2) is 58.1 Å². The Labute approximate surface area is 168 Å². The Hall–Kier alpha value is -1.03. The number of nitrogens with zero attached hydrogens (tertiary/aromatic N) is 2. The molecule has 1 atom stereocenters. The Morgan fingerprint density at radius 2 is 2.00 bits per heavy atom. The summed E-state index contributed by atoms with van der Waals surface area (Å²) in [6, 6.07) is 10.7. The number of aliphatic imine (C=N–C) groups is 1. The molecule has 0 bridgehead atoms. The standard InChI is InChI=1S/C17H28N4O2S.HI/c1-3-18-17(19-11-13-24(22,23)4-2)20-15-10-12-21(14-15)16-8-6-5-7-9-16;/h5-9,15H,3-4,10-14H2,1-2H3,(H2,18,19,20);1H. The van der Waals surface area contributed by atoms with Gasteiger partial charge in [0, 0.05) is 37.1 Å². The van der Waals surface area contributed by atoms with Crippen LogP contribution in [0.3, 0.4) is 0 Å². The Morgan fingerprint density at radius 3 is 2.64 bits per heavy atom. The maximum absolute atomic E-state index is 11.6. The van der Waals surface area contributed by atoms with Gasteiger partial charge in [0.2, 0.25) is 0 Å². The van der Waals surface area contributed by atoms with Crippen LogP contribution in [0.5, 0.6) is 0 Å². The SMILES string of the molecule is CCNC(=NCCS(=O)(=O)CC)NC1CCN(c2ccccc2)C1.I. The van der Waals surface area contributed by atoms with Gasteiger partial charge in [-0.1, -0.05) is 25.1 Å². The van der Waals surface area contributed by atoms with Crippen molar-refractivity contribution in [3.63, 3.8) is 0 Å². The molecule has 0 amide bonds. The van der Waals surface area contributed by atoms with E-state index in [4.69, 9.17) is 0 Å². The molecule has 0 aliphatic carbocycles. The molecular weight excluding hydrogens is 451 g/mol. The number of para-hydroxylation sites is 1. The Kier molecular flexibility index (Phi) is 9.55. The monoisotopic (exact) mass is 480 g/mol. The van der Waals surface area contributed by atoms with E-state index in [1.807, 2.05) is 13.0 Å². The summed E-state index contributed by atoms with van der Waals surface area (Å²) >= 11 is 0. The zero-order chi connectivity index (χ0) is 17.4. The molecule has 1 saturated heterocycles. The number of rotatable bonds is 7. The topological polar surface area (TPSA) is 73.8 Å². The number of anilines is 1. The Balaban J connectivity index is 0.00000312. The van der Waals surface area contributed by atoms with Crippen molar-refractivity contribution < 1.29 is 8.42 Å². The molecule has 142 valence electrons. The van der Waals surface area contributed by atoms with E-state index >= 15 is 0 Å². The molecule has 25 heavy (non-hydrogen) atoms. The van der Waals surface area contributed by atoms with E-state index in [0.717, 1.165) is 26.1 Å². The van der Waals surface area contributed by atoms with Gasteiger partial charge in [0.05, 0.1) is 12.3 Å². The second-order valence-electron chi connectivity index (χ2n) is 5.91. The molecule has 0 aromatic heterocycles. The third kappa shape index (κ3) is 7.39. The van der Waals surface area contributed by atoms with Gasteiger partial charge in [-0.3, -0.25) is 4.99 Å². The molecule has 1 aliphatic heterocycles. The van der Waals surface area contributed by atoms with Crippen molar-refractivity contribution in [3.05, 3.63) is 30.3 Å². The van der Waals surface area contributed by atoms with Gasteiger partial charge in [-0.05, 0) is 25.5 Å². The van der Waals surface area contributed by atoms with Crippen LogP contribution in [-0.2, 0) is 9.84 Å². The number of benzene rings is 1. The molecule has 8 heteroatoms. The lowest BCUT2D eigenvalue weighted by atomic mass is 10.3. The molecule has 1 aromatic carbocycles. The van der Waals surface area contributed by atoms with Crippen LogP contribution >= 0.6 is 24.0 Å². The molecule has 2 rings (SSSR count). The van der Waals surface area contributed by atoms with Crippen molar-refractivity contribution in [3.8, 4) is 0 Å². The van der Waals surface area contributed by atoms with Crippen LogP contribution in [0.25, 0.3) is 0 Å². The normalized spacial score (nSPS) is 17.9. The fraction of sp³-hybridized carbons (Fsp3) is 0.588. The van der Waals surface area contributed by atoms with E-state index < -0.39 is 9.84 Å². The van der Waals surface area contributed by atoms with Gasteiger partial charge in [0.15, 0.2) is 15.8 Å². The van der Waals surface area contributed by atoms with Crippen molar-refractivity contribution in [2.24, 2.45) is 4.99 Å². The van der Waals surface area contributed by atoms with Crippen molar-refractivity contribution in [1.29, 1.82) is 0 Å². The molecule has 1 heterocycles. The van der Waals surface area contributed by atoms with Gasteiger partial charge in [-0.15, -0.1) is 24.0 Å². The Morgan fingerprint density at radius 1 is 1.28 bits per heavy atom. The second-order valence-corrected chi connectivity index (χ2v) is 8.38. The summed E-state index contributed by atoms with van der Waals surface area (Å²) in [5.41, 5.74) is 1.23. The number of hydrogen-bond acceptors (Lipinski definition) is 4. The molecule has 1 fully saturated rings. The van der Waals surface area contributed by atoms with Crippen molar-refractivity contribution in [1.82, 2.24) is 10.6 Å². The maximum Gasteiger partial charge on any atom is 0.191 e. The minimum atomic E-state index is -2.97. The number of sulfone groups is 1. The van der Waals surface area contributed by atoms with Crippen molar-refractivity contribution >= 4 is 45.5 Å². The van der Waals surface area contributed by atoms with Crippen LogP contribution in [0.15, 0.2) is 35.3 Å². The van der Waals surface area contributed by atoms with E-state index in [9.17, 15) is 8.42 Å². The highest BCUT2D eigenvalue weighted by Crippen LogP contribution is 2.19. The third-order valence-corrected chi connectivity index (χ3v) is 5.79. The largest absolute Gasteiger partial charge is 0.369 e. The summed E-state index contributed by atoms with van der Waals surface area (Å²) in [7, 11) is -2.97. The average molecular weight is 480 g/mol. The van der Waals surface area contributed by atoms with Gasteiger partial charge >= 0.3 is 0 Å². The quantitative estimate of drug-likeness (QED) is 0.354. The zero-order valence-electron chi connectivity index (χ0n) is 14.9. The highest BCUT2D eigenvalue weighted by atomic mass is 127. The average Bonchev–Trinajstić information content (AvgIpc) is 3.04. The van der Waals surface area contributed by atoms with E-state index in [0.29, 0.717) is 18.5 Å². The fourth-order valence-corrected chi connectivity index (χ4v) is 3.36. The molecule has 1 aromatic rings. The highest BCUT2D eigenvalue weighted by Gasteiger charge is 2.23. The molecular formula is C17H29IN4O2S. The fourth-order valence-electron chi connectivity index (χ4n) is 2.71. The summed E-state index contributed by atoms with van der Waals surface area (Å²) in [4.78, 5) is 6.75. The van der Waals surface area contributed by atoms with E-state index in [-0.39, 0.29) is 35.5 Å². The lowest BCUT2D eigenvalue weighted by Crippen LogP contribution is -2.44. The van der Waals surface area contributed by atoms with Gasteiger partial charge in [0.25, 0.3) is 0 Å². The van der Waals surface area contributed by atoms with E-state index in [2.05, 4.69) is 44.8 Å². The second kappa shape index (κ2) is 10.8. The zero-order valence-corrected chi connectivity index (χ0v) is 18.1. The molecule has 2 N–H and O–H groups in total. The molecule has 0 spiro atoms. The van der Waals surface area contributed by atoms with E-state index in [1.54, 1.807) is 6.92 Å². The lowest BCUT2D eigenvalue weighted by Gasteiger charge is -2.20. The van der Waals surface area contributed by atoms with Gasteiger partial charge in [-0.25, -0.2) is 8.42 Å². The van der Waals surface area contributed by atoms with Crippen LogP contribution in [0.1, 0.15) is 20.3 Å². The summed E-state index contributed by atoms with van der Waals surface area (Å²) < 4.78 is 23.1. The molecule has 1 aliphatic rings. The van der Waals surface area contributed by atoms with Crippen LogP contribution in [0.2, 0.25) is 0 Å². The first kappa shape index (κ1) is 22.0. The molecule has 0 radical (unpaired) electrons. The molecule has 0 saturated carbocycles. The number of hydrogen-bond donors (Lipinski definition) is 2. The maximum atomic E-state index is 11.6. The first-order chi connectivity index (χ1) is 11.5. The number of guanidine groups is 1. The predicted octanol–water partition coefficient (Wildman–Crippen LogP) is 1.87. The molecule has 1 unspecified atom stereocenters. The summed E-state index contributed by atoms with van der Waals surface area (Å²) in [5, 5.41) is 6.62. The minimum absolute atomic E-state index is 0. The van der Waals surface area contributed by atoms with Crippen molar-refractivity contribution in [2.45, 2.75) is 26.3 Å². The van der Waals surface area contributed by atoms with Gasteiger partial charge in [0.1, 0.15) is 0 Å². The van der Waals surface area contributed by atoms with E-state index in [1.165, 1.54) is 5.69 Å². The summed E-state index contributed by atoms with van der Waals surface area (Å²) in [6.07, 6.45) is 1.03. The van der Waals surface area contributed by atoms with Crippen LogP contribution < -0.4 is 15.5 Å². The number of halogens is 1. The first-order valence-corrected chi connectivity index (χ1v) is 10.4. The van der Waals surface area contributed by atoms with Crippen LogP contribution in [0.4, 0.5) is 5.69 Å². The Bertz CT molecular complexity index is 637.